The van der Waals surface area contributed by atoms with Crippen LogP contribution in [-0.2, 0) is 43.2 Å². The zero-order chi connectivity index (χ0) is 25.0. The molecule has 0 saturated carbocycles. The van der Waals surface area contributed by atoms with E-state index in [9.17, 15) is 18.9 Å². The molecule has 0 amide bonds. The molecular formula is C18H27N5O10P2. The predicted octanol–water partition coefficient (Wildman–Crippen LogP) is 1.56. The van der Waals surface area contributed by atoms with E-state index in [4.69, 9.17) is 28.7 Å². The van der Waals surface area contributed by atoms with Crippen LogP contribution in [0.25, 0.3) is 11.2 Å². The van der Waals surface area contributed by atoms with Crippen LogP contribution in [0.2, 0.25) is 0 Å². The highest BCUT2D eigenvalue weighted by molar-refractivity contribution is 7.61. The van der Waals surface area contributed by atoms with Gasteiger partial charge in [-0.25, -0.2) is 19.1 Å². The first-order chi connectivity index (χ1) is 16.4. The average molecular weight is 535 g/mol. The van der Waals surface area contributed by atoms with Crippen molar-refractivity contribution in [1.29, 1.82) is 5.41 Å². The van der Waals surface area contributed by atoms with Crippen molar-refractivity contribution < 1.29 is 46.5 Å². The van der Waals surface area contributed by atoms with E-state index in [1.165, 1.54) is 6.33 Å². The van der Waals surface area contributed by atoms with Crippen molar-refractivity contribution in [2.75, 3.05) is 13.2 Å². The normalized spacial score (nSPS) is 38.3. The van der Waals surface area contributed by atoms with E-state index in [0.717, 1.165) is 0 Å². The zero-order valence-electron chi connectivity index (χ0n) is 19.1. The Bertz CT molecular complexity index is 1260. The predicted molar refractivity (Wildman–Crippen MR) is 116 cm³/mol. The molecule has 2 aromatic rings. The highest BCUT2D eigenvalue weighted by Gasteiger charge is 2.56. The van der Waals surface area contributed by atoms with Crippen molar-refractivity contribution in [3.05, 3.63) is 18.1 Å². The Morgan fingerprint density at radius 3 is 2.60 bits per heavy atom. The van der Waals surface area contributed by atoms with Crippen molar-refractivity contribution in [2.24, 2.45) is 0 Å². The van der Waals surface area contributed by atoms with Crippen LogP contribution in [0.4, 0.5) is 0 Å². The lowest BCUT2D eigenvalue weighted by Gasteiger charge is -2.25. The van der Waals surface area contributed by atoms with Crippen molar-refractivity contribution >= 4 is 26.8 Å². The van der Waals surface area contributed by atoms with Gasteiger partial charge in [-0.15, -0.1) is 0 Å². The number of ether oxygens (including phenoxy) is 3. The number of phosphoric acid groups is 2. The third-order valence-electron chi connectivity index (χ3n) is 5.90. The fourth-order valence-electron chi connectivity index (χ4n) is 4.43. The fourth-order valence-corrected chi connectivity index (χ4v) is 6.54. The van der Waals surface area contributed by atoms with E-state index >= 15 is 0 Å². The van der Waals surface area contributed by atoms with Gasteiger partial charge in [0.2, 0.25) is 0 Å². The second-order valence-electron chi connectivity index (χ2n) is 8.95. The number of hydrogen-bond donors (Lipinski definition) is 3. The minimum Gasteiger partial charge on any atom is -0.347 e. The largest absolute Gasteiger partial charge is 0.481 e. The molecule has 2 aromatic heterocycles. The summed E-state index contributed by atoms with van der Waals surface area (Å²) in [6.07, 6.45) is 1.59. The number of aromatic nitrogens is 4. The molecule has 6 heterocycles. The summed E-state index contributed by atoms with van der Waals surface area (Å²) >= 11 is 0. The SMILES string of the molecule is CC1(C)O[C@@H]2[C@H](O1)[C@H]1COP(=O)(O)OP(=O)(O)OCCCCCn3cnc4c(ncn4[C@@H]2O1)c3=N. The van der Waals surface area contributed by atoms with Crippen molar-refractivity contribution in [2.45, 2.75) is 70.0 Å². The second kappa shape index (κ2) is 9.10. The van der Waals surface area contributed by atoms with Gasteiger partial charge < -0.3 is 28.6 Å². The van der Waals surface area contributed by atoms with Crippen molar-refractivity contribution in [3.8, 4) is 0 Å². The van der Waals surface area contributed by atoms with E-state index < -0.39 is 52.6 Å². The van der Waals surface area contributed by atoms with Crippen molar-refractivity contribution in [3.63, 3.8) is 0 Å². The Hall–Kier alpha value is -1.51. The minimum atomic E-state index is -4.98. The number of nitrogens with zero attached hydrogens (tertiary/aromatic N) is 4. The summed E-state index contributed by atoms with van der Waals surface area (Å²) < 4.78 is 60.0. The summed E-state index contributed by atoms with van der Waals surface area (Å²) in [6, 6.07) is 0. The number of fused-ring (bicyclic) bond motifs is 12. The molecule has 0 radical (unpaired) electrons. The molecule has 2 saturated heterocycles. The van der Waals surface area contributed by atoms with Crippen LogP contribution in [0.3, 0.4) is 0 Å². The van der Waals surface area contributed by atoms with Crippen LogP contribution < -0.4 is 5.49 Å². The van der Waals surface area contributed by atoms with Crippen LogP contribution in [0.5, 0.6) is 0 Å². The van der Waals surface area contributed by atoms with Gasteiger partial charge >= 0.3 is 15.6 Å². The summed E-state index contributed by atoms with van der Waals surface area (Å²) in [6.45, 7) is 3.23. The maximum atomic E-state index is 12.4. The highest BCUT2D eigenvalue weighted by atomic mass is 31.3. The van der Waals surface area contributed by atoms with Crippen LogP contribution in [0.15, 0.2) is 12.7 Å². The lowest BCUT2D eigenvalue weighted by molar-refractivity contribution is -0.199. The van der Waals surface area contributed by atoms with Crippen LogP contribution in [0, 0.1) is 5.41 Å². The molecular weight excluding hydrogens is 508 g/mol. The first kappa shape index (κ1) is 25.2. The van der Waals surface area contributed by atoms with Gasteiger partial charge in [-0.3, -0.25) is 19.0 Å². The summed E-state index contributed by atoms with van der Waals surface area (Å²) in [5.41, 5.74) is 0.963. The number of nitrogens with one attached hydrogen (secondary N) is 1. The molecule has 6 atom stereocenters. The van der Waals surface area contributed by atoms with Gasteiger partial charge in [0.15, 0.2) is 23.1 Å². The average Bonchev–Trinajstić information content (AvgIpc) is 3.40. The van der Waals surface area contributed by atoms with Crippen LogP contribution in [0.1, 0.15) is 39.3 Å². The van der Waals surface area contributed by atoms with Gasteiger partial charge in [0.05, 0.1) is 25.9 Å². The zero-order valence-corrected chi connectivity index (χ0v) is 20.8. The Labute approximate surface area is 199 Å². The number of hydrogen-bond acceptors (Lipinski definition) is 11. The van der Waals surface area contributed by atoms with Crippen molar-refractivity contribution in [1.82, 2.24) is 19.1 Å². The molecule has 17 heteroatoms. The first-order valence-corrected chi connectivity index (χ1v) is 14.1. The summed E-state index contributed by atoms with van der Waals surface area (Å²) in [5.74, 6) is -0.980. The summed E-state index contributed by atoms with van der Waals surface area (Å²) in [7, 11) is -9.83. The van der Waals surface area contributed by atoms with E-state index in [-0.39, 0.29) is 12.1 Å². The quantitative estimate of drug-likeness (QED) is 0.414. The Balaban J connectivity index is 1.50. The molecule has 2 unspecified atom stereocenters. The Kier molecular flexibility index (Phi) is 6.54. The first-order valence-electron chi connectivity index (χ1n) is 11.1. The Morgan fingerprint density at radius 1 is 1.06 bits per heavy atom. The second-order valence-corrected chi connectivity index (χ2v) is 12.0. The summed E-state index contributed by atoms with van der Waals surface area (Å²) in [4.78, 5) is 28.7. The monoisotopic (exact) mass is 535 g/mol. The van der Waals surface area contributed by atoms with E-state index in [1.807, 2.05) is 0 Å². The third kappa shape index (κ3) is 5.16. The molecule has 0 aliphatic carbocycles. The topological polar surface area (TPSA) is 189 Å². The molecule has 2 fully saturated rings. The Morgan fingerprint density at radius 2 is 1.80 bits per heavy atom. The molecule has 194 valence electrons. The van der Waals surface area contributed by atoms with Gasteiger partial charge in [-0.1, -0.05) is 0 Å². The number of phosphoric ester groups is 2. The molecule has 3 N–H and O–H groups in total. The maximum absolute atomic E-state index is 12.4. The van der Waals surface area contributed by atoms with Crippen LogP contribution >= 0.6 is 15.6 Å². The lowest BCUT2D eigenvalue weighted by atomic mass is 10.1. The third-order valence-corrected chi connectivity index (χ3v) is 8.54. The molecule has 6 rings (SSSR count). The van der Waals surface area contributed by atoms with Gasteiger partial charge in [0, 0.05) is 6.54 Å². The molecule has 4 aliphatic rings. The molecule has 0 spiro atoms. The van der Waals surface area contributed by atoms with Gasteiger partial charge in [0.25, 0.3) is 0 Å². The molecule has 6 bridgehead atoms. The molecule has 15 nitrogen and oxygen atoms in total. The standard InChI is InChI=1S/C18H27N5O10P2/c1-18(2)31-13-11-8-29-35(26,27)33-34(24,25)28-7-5-3-4-6-22-9-21-16-12(15(22)19)20-10-23(16)17(30-11)14(13)32-18/h9-11,13-14,17,19H,3-8H2,1-2H3,(H,24,25)(H,26,27)/t11-,13-,14-,17-/m1/s1. The smallest absolute Gasteiger partial charge is 0.347 e. The van der Waals surface area contributed by atoms with E-state index in [0.29, 0.717) is 37.0 Å². The van der Waals surface area contributed by atoms with Crippen LogP contribution in [-0.4, -0.2) is 66.2 Å². The number of imidazole rings is 1. The highest BCUT2D eigenvalue weighted by Crippen LogP contribution is 2.60. The minimum absolute atomic E-state index is 0.175. The van der Waals surface area contributed by atoms with Gasteiger partial charge in [0.1, 0.15) is 23.8 Å². The molecule has 35 heavy (non-hydrogen) atoms. The van der Waals surface area contributed by atoms with Gasteiger partial charge in [-0.2, -0.15) is 4.31 Å². The molecule has 4 aliphatic heterocycles. The van der Waals surface area contributed by atoms with E-state index in [2.05, 4.69) is 14.3 Å². The number of aryl methyl sites for hydroxylation is 1. The maximum Gasteiger partial charge on any atom is 0.481 e. The number of rotatable bonds is 0. The van der Waals surface area contributed by atoms with E-state index in [1.54, 1.807) is 29.3 Å². The summed E-state index contributed by atoms with van der Waals surface area (Å²) in [5, 5.41) is 8.55. The fraction of sp³-hybridized carbons (Fsp3) is 0.722. The lowest BCUT2D eigenvalue weighted by Crippen LogP contribution is -2.32. The molecule has 0 aromatic carbocycles. The van der Waals surface area contributed by atoms with Gasteiger partial charge in [-0.05, 0) is 33.1 Å².